The number of aromatic nitrogens is 1. The molecule has 1 unspecified atom stereocenters. The number of nitrogens with zero attached hydrogens (tertiary/aromatic N) is 1. The van der Waals surface area contributed by atoms with Crippen LogP contribution in [-0.4, -0.2) is 42.3 Å². The fourth-order valence-electron chi connectivity index (χ4n) is 3.55. The highest BCUT2D eigenvalue weighted by molar-refractivity contribution is 6.09. The molecule has 7 heteroatoms. The second-order valence-corrected chi connectivity index (χ2v) is 6.37. The molecular weight excluding hydrogens is 338 g/mol. The van der Waals surface area contributed by atoms with E-state index in [1.54, 1.807) is 0 Å². The smallest absolute Gasteiger partial charge is 0.354 e. The summed E-state index contributed by atoms with van der Waals surface area (Å²) < 4.78 is 10.9. The predicted octanol–water partition coefficient (Wildman–Crippen LogP) is 2.34. The highest BCUT2D eigenvalue weighted by Crippen LogP contribution is 2.41. The molecule has 0 saturated heterocycles. The standard InChI is InChI=1S/C19H23NO6/c1-12(19(13(2)21)10-6-5-7-16(19)22)11-20-14(17(23)25-3)8-9-15(20)18(24)26-4/h8-9H,1,5-7,10-11H2,2-4H3. The molecule has 0 radical (unpaired) electrons. The first kappa shape index (κ1) is 19.6. The van der Waals surface area contributed by atoms with Crippen LogP contribution in [0.1, 0.15) is 53.6 Å². The van der Waals surface area contributed by atoms with Crippen LogP contribution >= 0.6 is 0 Å². The van der Waals surface area contributed by atoms with Gasteiger partial charge in [0.2, 0.25) is 0 Å². The van der Waals surface area contributed by atoms with E-state index in [-0.39, 0.29) is 29.5 Å². The number of hydrogen-bond donors (Lipinski definition) is 0. The summed E-state index contributed by atoms with van der Waals surface area (Å²) >= 11 is 0. The molecule has 0 aromatic carbocycles. The second-order valence-electron chi connectivity index (χ2n) is 6.37. The van der Waals surface area contributed by atoms with Crippen molar-refractivity contribution in [2.45, 2.75) is 39.2 Å². The van der Waals surface area contributed by atoms with E-state index in [1.165, 1.54) is 37.8 Å². The summed E-state index contributed by atoms with van der Waals surface area (Å²) in [5.74, 6) is -1.70. The number of hydrogen-bond acceptors (Lipinski definition) is 6. The van der Waals surface area contributed by atoms with Crippen molar-refractivity contribution in [3.05, 3.63) is 35.7 Å². The van der Waals surface area contributed by atoms with Crippen LogP contribution in [0.25, 0.3) is 0 Å². The van der Waals surface area contributed by atoms with Crippen molar-refractivity contribution in [1.29, 1.82) is 0 Å². The molecule has 0 aliphatic heterocycles. The molecule has 26 heavy (non-hydrogen) atoms. The van der Waals surface area contributed by atoms with Gasteiger partial charge in [-0.05, 0) is 37.5 Å². The van der Waals surface area contributed by atoms with Crippen molar-refractivity contribution in [2.24, 2.45) is 5.41 Å². The van der Waals surface area contributed by atoms with E-state index in [1.807, 2.05) is 0 Å². The molecular formula is C19H23NO6. The Morgan fingerprint density at radius 3 is 2.08 bits per heavy atom. The second kappa shape index (κ2) is 7.68. The van der Waals surface area contributed by atoms with Crippen molar-refractivity contribution < 1.29 is 28.7 Å². The quantitative estimate of drug-likeness (QED) is 0.439. The zero-order valence-electron chi connectivity index (χ0n) is 15.3. The van der Waals surface area contributed by atoms with Crippen LogP contribution in [0.2, 0.25) is 0 Å². The lowest BCUT2D eigenvalue weighted by atomic mass is 9.66. The molecule has 0 spiro atoms. The minimum Gasteiger partial charge on any atom is -0.464 e. The summed E-state index contributed by atoms with van der Waals surface area (Å²) in [6.07, 6.45) is 2.19. The fraction of sp³-hybridized carbons (Fsp3) is 0.474. The minimum absolute atomic E-state index is 0.0345. The fourth-order valence-corrected chi connectivity index (χ4v) is 3.55. The van der Waals surface area contributed by atoms with Crippen LogP contribution in [0, 0.1) is 5.41 Å². The van der Waals surface area contributed by atoms with Gasteiger partial charge in [-0.3, -0.25) is 9.59 Å². The minimum atomic E-state index is -1.27. The summed E-state index contributed by atoms with van der Waals surface area (Å²) in [6.45, 7) is 5.33. The van der Waals surface area contributed by atoms with Crippen LogP contribution < -0.4 is 0 Å². The molecule has 0 bridgehead atoms. The predicted molar refractivity (Wildman–Crippen MR) is 92.8 cm³/mol. The molecule has 1 fully saturated rings. The Morgan fingerprint density at radius 1 is 1.12 bits per heavy atom. The average molecular weight is 361 g/mol. The summed E-state index contributed by atoms with van der Waals surface area (Å²) in [7, 11) is 2.46. The van der Waals surface area contributed by atoms with Gasteiger partial charge in [-0.25, -0.2) is 9.59 Å². The first-order valence-electron chi connectivity index (χ1n) is 8.38. The average Bonchev–Trinajstić information content (AvgIpc) is 3.04. The Balaban J connectivity index is 2.48. The lowest BCUT2D eigenvalue weighted by molar-refractivity contribution is -0.139. The summed E-state index contributed by atoms with van der Waals surface area (Å²) in [5, 5.41) is 0. The van der Waals surface area contributed by atoms with E-state index in [2.05, 4.69) is 6.58 Å². The van der Waals surface area contributed by atoms with Crippen molar-refractivity contribution in [2.75, 3.05) is 14.2 Å². The Bertz CT molecular complexity index is 741. The van der Waals surface area contributed by atoms with Gasteiger partial charge in [0.15, 0.2) is 5.78 Å². The number of ketones is 2. The Labute approximate surface area is 152 Å². The maximum atomic E-state index is 12.6. The van der Waals surface area contributed by atoms with E-state index in [9.17, 15) is 19.2 Å². The molecule has 140 valence electrons. The van der Waals surface area contributed by atoms with Gasteiger partial charge in [-0.1, -0.05) is 13.0 Å². The van der Waals surface area contributed by atoms with Crippen LogP contribution in [0.4, 0.5) is 0 Å². The zero-order chi connectivity index (χ0) is 19.5. The number of rotatable bonds is 6. The summed E-state index contributed by atoms with van der Waals surface area (Å²) in [5.41, 5.74) is -0.670. The van der Waals surface area contributed by atoms with Gasteiger partial charge in [-0.2, -0.15) is 0 Å². The third-order valence-electron chi connectivity index (χ3n) is 5.00. The van der Waals surface area contributed by atoms with E-state index in [4.69, 9.17) is 9.47 Å². The Morgan fingerprint density at radius 2 is 1.65 bits per heavy atom. The molecule has 1 aromatic heterocycles. The van der Waals surface area contributed by atoms with Gasteiger partial charge in [0.1, 0.15) is 22.6 Å². The number of Topliss-reactive ketones (excluding diaryl/α,β-unsaturated/α-hetero) is 2. The van der Waals surface area contributed by atoms with Gasteiger partial charge in [0.25, 0.3) is 0 Å². The molecule has 1 atom stereocenters. The lowest BCUT2D eigenvalue weighted by Crippen LogP contribution is -2.43. The van der Waals surface area contributed by atoms with Gasteiger partial charge in [-0.15, -0.1) is 0 Å². The third-order valence-corrected chi connectivity index (χ3v) is 5.00. The van der Waals surface area contributed by atoms with Crippen LogP contribution in [0.3, 0.4) is 0 Å². The summed E-state index contributed by atoms with van der Waals surface area (Å²) in [6, 6.07) is 2.88. The van der Waals surface area contributed by atoms with Crippen LogP contribution in [0.15, 0.2) is 24.3 Å². The molecule has 1 saturated carbocycles. The molecule has 1 aliphatic carbocycles. The maximum Gasteiger partial charge on any atom is 0.354 e. The zero-order valence-corrected chi connectivity index (χ0v) is 15.3. The monoisotopic (exact) mass is 361 g/mol. The number of carbonyl (C=O) groups is 4. The van der Waals surface area contributed by atoms with E-state index in [0.717, 1.165) is 12.8 Å². The number of allylic oxidation sites excluding steroid dienone is 1. The lowest BCUT2D eigenvalue weighted by Gasteiger charge is -2.35. The number of ether oxygens (including phenoxy) is 2. The SMILES string of the molecule is C=C(Cn1c(C(=O)OC)ccc1C(=O)OC)C1(C(C)=O)CCCCC1=O. The molecule has 1 heterocycles. The highest BCUT2D eigenvalue weighted by atomic mass is 16.5. The van der Waals surface area contributed by atoms with Crippen LogP contribution in [0.5, 0.6) is 0 Å². The largest absolute Gasteiger partial charge is 0.464 e. The van der Waals surface area contributed by atoms with Gasteiger partial charge >= 0.3 is 11.9 Å². The Kier molecular flexibility index (Phi) is 5.79. The third kappa shape index (κ3) is 3.21. The van der Waals surface area contributed by atoms with Crippen molar-refractivity contribution in [1.82, 2.24) is 4.57 Å². The molecule has 7 nitrogen and oxygen atoms in total. The number of esters is 2. The van der Waals surface area contributed by atoms with E-state index in [0.29, 0.717) is 18.4 Å². The molecule has 0 N–H and O–H groups in total. The normalized spacial score (nSPS) is 19.7. The molecule has 1 aliphatic rings. The maximum absolute atomic E-state index is 12.6. The Hall–Kier alpha value is -2.70. The number of carbonyl (C=O) groups excluding carboxylic acids is 4. The van der Waals surface area contributed by atoms with Gasteiger partial charge in [0.05, 0.1) is 14.2 Å². The van der Waals surface area contributed by atoms with Gasteiger partial charge in [0, 0.05) is 13.0 Å². The first-order valence-corrected chi connectivity index (χ1v) is 8.38. The van der Waals surface area contributed by atoms with E-state index >= 15 is 0 Å². The molecule has 0 amide bonds. The summed E-state index contributed by atoms with van der Waals surface area (Å²) in [4.78, 5) is 49.1. The van der Waals surface area contributed by atoms with Crippen molar-refractivity contribution >= 4 is 23.5 Å². The van der Waals surface area contributed by atoms with Crippen molar-refractivity contribution in [3.63, 3.8) is 0 Å². The molecule has 1 aromatic rings. The van der Waals surface area contributed by atoms with Crippen LogP contribution in [-0.2, 0) is 25.6 Å². The topological polar surface area (TPSA) is 91.7 Å². The number of methoxy groups -OCH3 is 2. The van der Waals surface area contributed by atoms with E-state index < -0.39 is 17.4 Å². The molecule has 2 rings (SSSR count). The first-order chi connectivity index (χ1) is 12.3. The highest BCUT2D eigenvalue weighted by Gasteiger charge is 2.46. The van der Waals surface area contributed by atoms with Crippen molar-refractivity contribution in [3.8, 4) is 0 Å². The van der Waals surface area contributed by atoms with Gasteiger partial charge < -0.3 is 14.0 Å².